The van der Waals surface area contributed by atoms with Gasteiger partial charge in [-0.05, 0) is 41.3 Å². The van der Waals surface area contributed by atoms with Crippen LogP contribution in [0.25, 0.3) is 16.9 Å². The topological polar surface area (TPSA) is 68.0 Å². The number of aliphatic carboxylic acids is 1. The average molecular weight is 349 g/mol. The summed E-state index contributed by atoms with van der Waals surface area (Å²) in [6.45, 7) is 6.54. The normalized spacial score (nSPS) is 11.5. The lowest BCUT2D eigenvalue weighted by Gasteiger charge is -2.19. The van der Waals surface area contributed by atoms with Crippen LogP contribution in [0.5, 0.6) is 0 Å². The lowest BCUT2D eigenvalue weighted by atomic mass is 9.87. The van der Waals surface area contributed by atoms with Crippen LogP contribution in [0, 0.1) is 0 Å². The van der Waals surface area contributed by atoms with Gasteiger partial charge in [0.2, 0.25) is 0 Å². The van der Waals surface area contributed by atoms with E-state index in [1.165, 1.54) is 5.56 Å². The fourth-order valence-corrected chi connectivity index (χ4v) is 2.81. The SMILES string of the molecule is CC(C)(C)c1ccc(-n2nc(CCC(=O)O)cc2-c2cccnc2)cc1. The number of carboxylic acid groups (broad SMARTS) is 1. The molecule has 0 radical (unpaired) electrons. The Morgan fingerprint density at radius 3 is 2.46 bits per heavy atom. The van der Waals surface area contributed by atoms with Crippen molar-refractivity contribution in [3.05, 3.63) is 66.1 Å². The molecule has 26 heavy (non-hydrogen) atoms. The van der Waals surface area contributed by atoms with Gasteiger partial charge >= 0.3 is 5.97 Å². The molecule has 1 N–H and O–H groups in total. The summed E-state index contributed by atoms with van der Waals surface area (Å²) in [5, 5.41) is 13.6. The minimum atomic E-state index is -0.822. The first-order chi connectivity index (χ1) is 12.3. The summed E-state index contributed by atoms with van der Waals surface area (Å²) in [5.74, 6) is -0.822. The number of hydrogen-bond acceptors (Lipinski definition) is 3. The molecule has 3 rings (SSSR count). The fourth-order valence-electron chi connectivity index (χ4n) is 2.81. The molecular formula is C21H23N3O2. The molecule has 1 aromatic carbocycles. The van der Waals surface area contributed by atoms with E-state index in [0.717, 1.165) is 22.6 Å². The van der Waals surface area contributed by atoms with Gasteiger partial charge in [0.1, 0.15) is 0 Å². The molecule has 0 aliphatic carbocycles. The molecule has 3 aromatic rings. The molecule has 0 aliphatic heterocycles. The highest BCUT2D eigenvalue weighted by atomic mass is 16.4. The number of carboxylic acids is 1. The van der Waals surface area contributed by atoms with E-state index in [-0.39, 0.29) is 11.8 Å². The van der Waals surface area contributed by atoms with Crippen LogP contribution in [0.1, 0.15) is 38.4 Å². The van der Waals surface area contributed by atoms with Gasteiger partial charge in [-0.15, -0.1) is 0 Å². The smallest absolute Gasteiger partial charge is 0.303 e. The van der Waals surface area contributed by atoms with Gasteiger partial charge in [0.05, 0.1) is 23.5 Å². The first kappa shape index (κ1) is 17.9. The first-order valence-electron chi connectivity index (χ1n) is 8.66. The predicted octanol–water partition coefficient (Wildman–Crippen LogP) is 4.25. The first-order valence-corrected chi connectivity index (χ1v) is 8.66. The lowest BCUT2D eigenvalue weighted by molar-refractivity contribution is -0.136. The minimum Gasteiger partial charge on any atom is -0.481 e. The van der Waals surface area contributed by atoms with E-state index in [0.29, 0.717) is 6.42 Å². The maximum Gasteiger partial charge on any atom is 0.303 e. The van der Waals surface area contributed by atoms with Crippen molar-refractivity contribution >= 4 is 5.97 Å². The number of pyridine rings is 1. The lowest BCUT2D eigenvalue weighted by Crippen LogP contribution is -2.11. The quantitative estimate of drug-likeness (QED) is 0.748. The Kier molecular flexibility index (Phi) is 4.89. The molecule has 0 spiro atoms. The molecule has 0 amide bonds. The van der Waals surface area contributed by atoms with Gasteiger partial charge in [-0.3, -0.25) is 9.78 Å². The average Bonchev–Trinajstić information content (AvgIpc) is 3.04. The Labute approximate surface area is 153 Å². The Morgan fingerprint density at radius 2 is 1.88 bits per heavy atom. The number of aromatic nitrogens is 3. The molecule has 2 aromatic heterocycles. The molecule has 0 fully saturated rings. The maximum atomic E-state index is 10.9. The van der Waals surface area contributed by atoms with Crippen molar-refractivity contribution < 1.29 is 9.90 Å². The largest absolute Gasteiger partial charge is 0.481 e. The van der Waals surface area contributed by atoms with E-state index in [1.54, 1.807) is 12.4 Å². The van der Waals surface area contributed by atoms with Gasteiger partial charge < -0.3 is 5.11 Å². The number of benzene rings is 1. The Bertz CT molecular complexity index is 891. The van der Waals surface area contributed by atoms with Crippen LogP contribution in [0.15, 0.2) is 54.9 Å². The third-order valence-electron chi connectivity index (χ3n) is 4.29. The molecule has 0 saturated heterocycles. The highest BCUT2D eigenvalue weighted by molar-refractivity contribution is 5.67. The second-order valence-electron chi connectivity index (χ2n) is 7.37. The van der Waals surface area contributed by atoms with Crippen LogP contribution in [0.4, 0.5) is 0 Å². The summed E-state index contributed by atoms with van der Waals surface area (Å²) >= 11 is 0. The summed E-state index contributed by atoms with van der Waals surface area (Å²) < 4.78 is 1.86. The number of hydrogen-bond donors (Lipinski definition) is 1. The molecule has 2 heterocycles. The molecule has 134 valence electrons. The van der Waals surface area contributed by atoms with E-state index >= 15 is 0 Å². The standard InChI is InChI=1S/C21H23N3O2/c1-21(2,3)16-6-9-18(10-7-16)24-19(15-5-4-12-22-14-15)13-17(23-24)8-11-20(25)26/h4-7,9-10,12-14H,8,11H2,1-3H3,(H,25,26). The number of rotatable bonds is 5. The molecule has 5 nitrogen and oxygen atoms in total. The van der Waals surface area contributed by atoms with E-state index in [1.807, 2.05) is 22.9 Å². The van der Waals surface area contributed by atoms with Crippen LogP contribution < -0.4 is 0 Å². The summed E-state index contributed by atoms with van der Waals surface area (Å²) in [6.07, 6.45) is 3.98. The molecule has 0 bridgehead atoms. The van der Waals surface area contributed by atoms with Crippen molar-refractivity contribution in [1.82, 2.24) is 14.8 Å². The van der Waals surface area contributed by atoms with E-state index in [2.05, 4.69) is 55.1 Å². The Balaban J connectivity index is 2.02. The van der Waals surface area contributed by atoms with E-state index < -0.39 is 5.97 Å². The third kappa shape index (κ3) is 3.99. The molecule has 5 heteroatoms. The van der Waals surface area contributed by atoms with Gasteiger partial charge in [0, 0.05) is 24.4 Å². The van der Waals surface area contributed by atoms with Gasteiger partial charge in [-0.25, -0.2) is 4.68 Å². The van der Waals surface area contributed by atoms with Crippen LogP contribution in [0.2, 0.25) is 0 Å². The van der Waals surface area contributed by atoms with Crippen LogP contribution in [-0.4, -0.2) is 25.8 Å². The van der Waals surface area contributed by atoms with Crippen molar-refractivity contribution in [2.24, 2.45) is 0 Å². The molecule has 0 unspecified atom stereocenters. The van der Waals surface area contributed by atoms with Crippen molar-refractivity contribution in [2.45, 2.75) is 39.0 Å². The van der Waals surface area contributed by atoms with Gasteiger partial charge in [-0.1, -0.05) is 32.9 Å². The zero-order chi connectivity index (χ0) is 18.7. The van der Waals surface area contributed by atoms with Crippen molar-refractivity contribution in [1.29, 1.82) is 0 Å². The van der Waals surface area contributed by atoms with Crippen LogP contribution in [-0.2, 0) is 16.6 Å². The summed E-state index contributed by atoms with van der Waals surface area (Å²) in [6, 6.07) is 14.1. The molecule has 0 atom stereocenters. The summed E-state index contributed by atoms with van der Waals surface area (Å²) in [4.78, 5) is 15.1. The summed E-state index contributed by atoms with van der Waals surface area (Å²) in [5.41, 5.74) is 4.89. The minimum absolute atomic E-state index is 0.0620. The predicted molar refractivity (Wildman–Crippen MR) is 101 cm³/mol. The van der Waals surface area contributed by atoms with Gasteiger partial charge in [0.15, 0.2) is 0 Å². The van der Waals surface area contributed by atoms with Gasteiger partial charge in [-0.2, -0.15) is 5.10 Å². The fraction of sp³-hybridized carbons (Fsp3) is 0.286. The number of aryl methyl sites for hydroxylation is 1. The monoisotopic (exact) mass is 349 g/mol. The highest BCUT2D eigenvalue weighted by Crippen LogP contribution is 2.27. The summed E-state index contributed by atoms with van der Waals surface area (Å²) in [7, 11) is 0. The molecular weight excluding hydrogens is 326 g/mol. The third-order valence-corrected chi connectivity index (χ3v) is 4.29. The van der Waals surface area contributed by atoms with Crippen molar-refractivity contribution in [3.8, 4) is 16.9 Å². The zero-order valence-electron chi connectivity index (χ0n) is 15.3. The maximum absolute atomic E-state index is 10.9. The Morgan fingerprint density at radius 1 is 1.15 bits per heavy atom. The Hall–Kier alpha value is -2.95. The van der Waals surface area contributed by atoms with E-state index in [9.17, 15) is 4.79 Å². The zero-order valence-corrected chi connectivity index (χ0v) is 15.3. The van der Waals surface area contributed by atoms with E-state index in [4.69, 9.17) is 5.11 Å². The second-order valence-corrected chi connectivity index (χ2v) is 7.37. The van der Waals surface area contributed by atoms with Crippen molar-refractivity contribution in [2.75, 3.05) is 0 Å². The van der Waals surface area contributed by atoms with Crippen LogP contribution in [0.3, 0.4) is 0 Å². The van der Waals surface area contributed by atoms with Gasteiger partial charge in [0.25, 0.3) is 0 Å². The molecule has 0 aliphatic rings. The molecule has 0 saturated carbocycles. The number of nitrogens with zero attached hydrogens (tertiary/aromatic N) is 3. The second kappa shape index (κ2) is 7.12. The highest BCUT2D eigenvalue weighted by Gasteiger charge is 2.16. The van der Waals surface area contributed by atoms with Crippen molar-refractivity contribution in [3.63, 3.8) is 0 Å². The number of carbonyl (C=O) groups is 1. The van der Waals surface area contributed by atoms with Crippen LogP contribution >= 0.6 is 0 Å².